The molecule has 0 bridgehead atoms. The van der Waals surface area contributed by atoms with Crippen LogP contribution in [0.25, 0.3) is 0 Å². The molecular weight excluding hydrogens is 170 g/mol. The molecule has 1 aromatic carbocycles. The van der Waals surface area contributed by atoms with Crippen molar-refractivity contribution in [1.82, 2.24) is 0 Å². The standard InChI is InChI=1S/C13H19N/c1-4-10-8-14-13-6-5-11(9(2)3)7-12(10)13/h5-7,9-10,14H,4,8H2,1-3H3. The lowest BCUT2D eigenvalue weighted by atomic mass is 9.94. The van der Waals surface area contributed by atoms with Crippen LogP contribution in [0.1, 0.15) is 50.2 Å². The summed E-state index contributed by atoms with van der Waals surface area (Å²) in [5.74, 6) is 1.36. The van der Waals surface area contributed by atoms with E-state index < -0.39 is 0 Å². The van der Waals surface area contributed by atoms with E-state index in [1.807, 2.05) is 0 Å². The van der Waals surface area contributed by atoms with Crippen molar-refractivity contribution in [2.75, 3.05) is 11.9 Å². The summed E-state index contributed by atoms with van der Waals surface area (Å²) in [6.45, 7) is 7.90. The third kappa shape index (κ3) is 1.52. The number of hydrogen-bond donors (Lipinski definition) is 1. The van der Waals surface area contributed by atoms with Crippen LogP contribution in [0.3, 0.4) is 0 Å². The molecule has 14 heavy (non-hydrogen) atoms. The summed E-state index contributed by atoms with van der Waals surface area (Å²) in [7, 11) is 0. The summed E-state index contributed by atoms with van der Waals surface area (Å²) < 4.78 is 0. The van der Waals surface area contributed by atoms with Crippen molar-refractivity contribution in [2.24, 2.45) is 0 Å². The third-order valence-corrected chi connectivity index (χ3v) is 3.21. The minimum atomic E-state index is 0.637. The van der Waals surface area contributed by atoms with Crippen molar-refractivity contribution in [3.8, 4) is 0 Å². The van der Waals surface area contributed by atoms with Gasteiger partial charge < -0.3 is 5.32 Å². The first kappa shape index (κ1) is 9.57. The number of anilines is 1. The second kappa shape index (κ2) is 3.64. The average molecular weight is 189 g/mol. The van der Waals surface area contributed by atoms with Crippen LogP contribution in [0.4, 0.5) is 5.69 Å². The summed E-state index contributed by atoms with van der Waals surface area (Å²) in [5, 5.41) is 3.47. The smallest absolute Gasteiger partial charge is 0.0376 e. The van der Waals surface area contributed by atoms with E-state index in [0.29, 0.717) is 5.92 Å². The van der Waals surface area contributed by atoms with Gasteiger partial charge in [-0.3, -0.25) is 0 Å². The van der Waals surface area contributed by atoms with Crippen molar-refractivity contribution < 1.29 is 0 Å². The molecule has 1 atom stereocenters. The Morgan fingerprint density at radius 2 is 2.21 bits per heavy atom. The molecule has 1 nitrogen and oxygen atoms in total. The Bertz CT molecular complexity index is 328. The number of fused-ring (bicyclic) bond motifs is 1. The van der Waals surface area contributed by atoms with Gasteiger partial charge in [-0.2, -0.15) is 0 Å². The summed E-state index contributed by atoms with van der Waals surface area (Å²) in [4.78, 5) is 0. The van der Waals surface area contributed by atoms with Crippen LogP contribution in [0.15, 0.2) is 18.2 Å². The highest BCUT2D eigenvalue weighted by atomic mass is 14.9. The molecule has 1 heterocycles. The summed E-state index contributed by atoms with van der Waals surface area (Å²) in [6.07, 6.45) is 1.24. The monoisotopic (exact) mass is 189 g/mol. The maximum Gasteiger partial charge on any atom is 0.0376 e. The fraction of sp³-hybridized carbons (Fsp3) is 0.538. The Hall–Kier alpha value is -0.980. The second-order valence-corrected chi connectivity index (χ2v) is 4.49. The zero-order valence-electron chi connectivity index (χ0n) is 9.30. The van der Waals surface area contributed by atoms with Crippen molar-refractivity contribution in [3.05, 3.63) is 29.3 Å². The van der Waals surface area contributed by atoms with Crippen LogP contribution in [-0.4, -0.2) is 6.54 Å². The molecule has 1 aliphatic rings. The maximum absolute atomic E-state index is 3.47. The first-order valence-electron chi connectivity index (χ1n) is 5.60. The van der Waals surface area contributed by atoms with Crippen LogP contribution >= 0.6 is 0 Å². The molecule has 0 fully saturated rings. The van der Waals surface area contributed by atoms with Gasteiger partial charge in [0.05, 0.1) is 0 Å². The number of nitrogens with one attached hydrogen (secondary N) is 1. The molecule has 0 amide bonds. The lowest BCUT2D eigenvalue weighted by Gasteiger charge is -2.10. The predicted molar refractivity (Wildman–Crippen MR) is 62.1 cm³/mol. The number of rotatable bonds is 2. The summed E-state index contributed by atoms with van der Waals surface area (Å²) in [5.41, 5.74) is 4.34. The predicted octanol–water partition coefficient (Wildman–Crippen LogP) is 3.73. The molecule has 76 valence electrons. The molecule has 1 N–H and O–H groups in total. The molecule has 0 spiro atoms. The average Bonchev–Trinajstić information content (AvgIpc) is 2.59. The SMILES string of the molecule is CCC1CNc2ccc(C(C)C)cc21. The van der Waals surface area contributed by atoms with Gasteiger partial charge in [-0.15, -0.1) is 0 Å². The molecule has 0 aromatic heterocycles. The largest absolute Gasteiger partial charge is 0.384 e. The quantitative estimate of drug-likeness (QED) is 0.747. The number of hydrogen-bond acceptors (Lipinski definition) is 1. The van der Waals surface area contributed by atoms with Gasteiger partial charge in [-0.05, 0) is 29.5 Å². The van der Waals surface area contributed by atoms with Crippen molar-refractivity contribution in [2.45, 2.75) is 39.0 Å². The molecule has 1 unspecified atom stereocenters. The van der Waals surface area contributed by atoms with E-state index in [1.165, 1.54) is 23.2 Å². The van der Waals surface area contributed by atoms with Crippen molar-refractivity contribution in [1.29, 1.82) is 0 Å². The topological polar surface area (TPSA) is 12.0 Å². The van der Waals surface area contributed by atoms with Crippen LogP contribution < -0.4 is 5.32 Å². The van der Waals surface area contributed by atoms with Crippen LogP contribution in [0.5, 0.6) is 0 Å². The summed E-state index contributed by atoms with van der Waals surface area (Å²) in [6, 6.07) is 6.86. The van der Waals surface area contributed by atoms with Crippen molar-refractivity contribution >= 4 is 5.69 Å². The Kier molecular flexibility index (Phi) is 2.49. The highest BCUT2D eigenvalue weighted by molar-refractivity contribution is 5.59. The number of benzene rings is 1. The molecule has 0 aliphatic carbocycles. The zero-order chi connectivity index (χ0) is 10.1. The first-order chi connectivity index (χ1) is 6.72. The highest BCUT2D eigenvalue weighted by Crippen LogP contribution is 2.35. The molecule has 0 saturated carbocycles. The van der Waals surface area contributed by atoms with E-state index in [1.54, 1.807) is 0 Å². The Morgan fingerprint density at radius 3 is 2.86 bits per heavy atom. The van der Waals surface area contributed by atoms with Crippen LogP contribution in [0.2, 0.25) is 0 Å². The van der Waals surface area contributed by atoms with Gasteiger partial charge in [0, 0.05) is 18.2 Å². The van der Waals surface area contributed by atoms with E-state index >= 15 is 0 Å². The second-order valence-electron chi connectivity index (χ2n) is 4.49. The molecule has 1 aromatic rings. The minimum Gasteiger partial charge on any atom is -0.384 e. The van der Waals surface area contributed by atoms with Gasteiger partial charge in [0.25, 0.3) is 0 Å². The maximum atomic E-state index is 3.47. The first-order valence-corrected chi connectivity index (χ1v) is 5.60. The normalized spacial score (nSPS) is 19.6. The van der Waals surface area contributed by atoms with Gasteiger partial charge in [0.1, 0.15) is 0 Å². The third-order valence-electron chi connectivity index (χ3n) is 3.21. The Morgan fingerprint density at radius 1 is 1.43 bits per heavy atom. The van der Waals surface area contributed by atoms with E-state index in [4.69, 9.17) is 0 Å². The fourth-order valence-corrected chi connectivity index (χ4v) is 2.15. The van der Waals surface area contributed by atoms with E-state index in [2.05, 4.69) is 44.3 Å². The van der Waals surface area contributed by atoms with E-state index in [0.717, 1.165) is 12.5 Å². The fourth-order valence-electron chi connectivity index (χ4n) is 2.15. The Labute approximate surface area is 86.5 Å². The van der Waals surface area contributed by atoms with Gasteiger partial charge in [0.15, 0.2) is 0 Å². The molecule has 1 heteroatoms. The van der Waals surface area contributed by atoms with Gasteiger partial charge in [-0.1, -0.05) is 32.9 Å². The summed E-state index contributed by atoms with van der Waals surface area (Å²) >= 11 is 0. The van der Waals surface area contributed by atoms with E-state index in [9.17, 15) is 0 Å². The van der Waals surface area contributed by atoms with Crippen LogP contribution in [0, 0.1) is 0 Å². The minimum absolute atomic E-state index is 0.637. The molecular formula is C13H19N. The van der Waals surface area contributed by atoms with Crippen molar-refractivity contribution in [3.63, 3.8) is 0 Å². The lowest BCUT2D eigenvalue weighted by Crippen LogP contribution is -1.99. The highest BCUT2D eigenvalue weighted by Gasteiger charge is 2.20. The van der Waals surface area contributed by atoms with E-state index in [-0.39, 0.29) is 0 Å². The lowest BCUT2D eigenvalue weighted by molar-refractivity contribution is 0.724. The zero-order valence-corrected chi connectivity index (χ0v) is 9.30. The molecule has 0 saturated heterocycles. The Balaban J connectivity index is 2.37. The van der Waals surface area contributed by atoms with Crippen LogP contribution in [-0.2, 0) is 0 Å². The van der Waals surface area contributed by atoms with Gasteiger partial charge in [-0.25, -0.2) is 0 Å². The molecule has 0 radical (unpaired) electrons. The molecule has 1 aliphatic heterocycles. The van der Waals surface area contributed by atoms with Gasteiger partial charge in [0.2, 0.25) is 0 Å². The molecule has 2 rings (SSSR count). The van der Waals surface area contributed by atoms with Gasteiger partial charge >= 0.3 is 0 Å².